The van der Waals surface area contributed by atoms with Crippen LogP contribution >= 0.6 is 0 Å². The number of aryl methyl sites for hydroxylation is 2. The molecule has 0 aliphatic heterocycles. The lowest BCUT2D eigenvalue weighted by Gasteiger charge is -2.07. The highest BCUT2D eigenvalue weighted by Crippen LogP contribution is 2.51. The molecule has 0 amide bonds. The Balaban J connectivity index is 0.000000169. The molecule has 0 radical (unpaired) electrons. The van der Waals surface area contributed by atoms with Crippen molar-refractivity contribution in [3.05, 3.63) is 53.6 Å². The lowest BCUT2D eigenvalue weighted by molar-refractivity contribution is 0.159. The van der Waals surface area contributed by atoms with E-state index in [0.29, 0.717) is 5.75 Å². The highest BCUT2D eigenvalue weighted by Gasteiger charge is 2.47. The van der Waals surface area contributed by atoms with Crippen LogP contribution in [0.15, 0.2) is 42.5 Å². The average molecular weight is 296 g/mol. The number of hydrogen-bond donors (Lipinski definition) is 2. The van der Waals surface area contributed by atoms with Crippen LogP contribution in [0.2, 0.25) is 0 Å². The molecule has 22 heavy (non-hydrogen) atoms. The normalized spacial score (nSPS) is 25.1. The number of hydrogen-bond acceptors (Lipinski definition) is 2. The summed E-state index contributed by atoms with van der Waals surface area (Å²) in [5, 5.41) is 18.5. The van der Waals surface area contributed by atoms with Gasteiger partial charge in [-0.25, -0.2) is 0 Å². The Bertz CT molecular complexity index is 663. The molecule has 2 aliphatic carbocycles. The number of benzene rings is 2. The predicted molar refractivity (Wildman–Crippen MR) is 89.9 cm³/mol. The minimum atomic E-state index is 0.0880. The quantitative estimate of drug-likeness (QED) is 0.816. The van der Waals surface area contributed by atoms with Crippen molar-refractivity contribution in [1.82, 2.24) is 0 Å². The molecule has 0 spiro atoms. The lowest BCUT2D eigenvalue weighted by Crippen LogP contribution is -2.02. The Morgan fingerprint density at radius 3 is 2.36 bits per heavy atom. The molecule has 4 rings (SSSR count). The van der Waals surface area contributed by atoms with Crippen molar-refractivity contribution in [3.63, 3.8) is 0 Å². The molecule has 2 aromatic rings. The molecule has 0 aromatic heterocycles. The second-order valence-corrected chi connectivity index (χ2v) is 6.67. The van der Waals surface area contributed by atoms with Gasteiger partial charge in [-0.15, -0.1) is 0 Å². The SMILES string of the molecule is Cc1cccc(-c2cc(O)ccc2C)c1.OC1CCC2CC12. The zero-order chi connectivity index (χ0) is 15.7. The van der Waals surface area contributed by atoms with Gasteiger partial charge in [-0.3, -0.25) is 0 Å². The van der Waals surface area contributed by atoms with Gasteiger partial charge in [0.15, 0.2) is 0 Å². The maximum absolute atomic E-state index is 9.47. The van der Waals surface area contributed by atoms with Gasteiger partial charge in [0.05, 0.1) is 6.10 Å². The average Bonchev–Trinajstić information content (AvgIpc) is 3.20. The van der Waals surface area contributed by atoms with E-state index < -0.39 is 0 Å². The molecule has 2 nitrogen and oxygen atoms in total. The van der Waals surface area contributed by atoms with Crippen LogP contribution in [0.25, 0.3) is 11.1 Å². The fourth-order valence-corrected chi connectivity index (χ4v) is 3.41. The molecule has 2 fully saturated rings. The molecule has 2 N–H and O–H groups in total. The molecule has 3 atom stereocenters. The fourth-order valence-electron chi connectivity index (χ4n) is 3.41. The van der Waals surface area contributed by atoms with Crippen LogP contribution in [0.4, 0.5) is 0 Å². The van der Waals surface area contributed by atoms with E-state index in [1.165, 1.54) is 24.0 Å². The van der Waals surface area contributed by atoms with Gasteiger partial charge in [-0.05, 0) is 73.8 Å². The van der Waals surface area contributed by atoms with Crippen molar-refractivity contribution in [2.75, 3.05) is 0 Å². The molecule has 2 saturated carbocycles. The zero-order valence-electron chi connectivity index (χ0n) is 13.3. The summed E-state index contributed by atoms with van der Waals surface area (Å²) in [5.74, 6) is 1.99. The van der Waals surface area contributed by atoms with Crippen molar-refractivity contribution < 1.29 is 10.2 Å². The minimum Gasteiger partial charge on any atom is -0.508 e. The third-order valence-electron chi connectivity index (χ3n) is 4.85. The molecule has 2 aliphatic rings. The van der Waals surface area contributed by atoms with Crippen LogP contribution in [-0.2, 0) is 0 Å². The molecule has 0 bridgehead atoms. The first kappa shape index (κ1) is 15.1. The Kier molecular flexibility index (Phi) is 4.21. The van der Waals surface area contributed by atoms with Gasteiger partial charge in [0, 0.05) is 0 Å². The van der Waals surface area contributed by atoms with Crippen LogP contribution in [0.3, 0.4) is 0 Å². The summed E-state index contributed by atoms with van der Waals surface area (Å²) >= 11 is 0. The Morgan fingerprint density at radius 2 is 1.82 bits per heavy atom. The summed E-state index contributed by atoms with van der Waals surface area (Å²) in [7, 11) is 0. The van der Waals surface area contributed by atoms with Crippen molar-refractivity contribution in [1.29, 1.82) is 0 Å². The number of phenolic OH excluding ortho intramolecular Hbond substituents is 1. The maximum atomic E-state index is 9.47. The van der Waals surface area contributed by atoms with Crippen LogP contribution in [0.1, 0.15) is 30.4 Å². The van der Waals surface area contributed by atoms with Crippen LogP contribution < -0.4 is 0 Å². The Labute approximate surface area is 132 Å². The lowest BCUT2D eigenvalue weighted by atomic mass is 9.99. The van der Waals surface area contributed by atoms with Crippen molar-refractivity contribution >= 4 is 0 Å². The Hall–Kier alpha value is -1.80. The minimum absolute atomic E-state index is 0.0880. The van der Waals surface area contributed by atoms with Gasteiger partial charge in [-0.1, -0.05) is 35.9 Å². The first-order valence-corrected chi connectivity index (χ1v) is 8.09. The third-order valence-corrected chi connectivity index (χ3v) is 4.85. The monoisotopic (exact) mass is 296 g/mol. The van der Waals surface area contributed by atoms with E-state index in [1.54, 1.807) is 6.07 Å². The molecule has 116 valence electrons. The van der Waals surface area contributed by atoms with E-state index in [-0.39, 0.29) is 6.10 Å². The largest absolute Gasteiger partial charge is 0.508 e. The van der Waals surface area contributed by atoms with Crippen LogP contribution in [-0.4, -0.2) is 16.3 Å². The van der Waals surface area contributed by atoms with E-state index in [9.17, 15) is 5.11 Å². The zero-order valence-corrected chi connectivity index (χ0v) is 13.3. The standard InChI is InChI=1S/C14H14O.C6H10O/c1-10-4-3-5-12(8-10)14-9-13(15)7-6-11(14)2;7-6-2-1-4-3-5(4)6/h3-9,15H,1-2H3;4-7H,1-3H2. The summed E-state index contributed by atoms with van der Waals surface area (Å²) in [6.07, 6.45) is 3.78. The molecule has 3 unspecified atom stereocenters. The maximum Gasteiger partial charge on any atom is 0.116 e. The predicted octanol–water partition coefficient (Wildman–Crippen LogP) is 4.45. The van der Waals surface area contributed by atoms with Crippen molar-refractivity contribution in [2.24, 2.45) is 11.8 Å². The first-order valence-electron chi connectivity index (χ1n) is 8.09. The number of rotatable bonds is 1. The second-order valence-electron chi connectivity index (χ2n) is 6.67. The highest BCUT2D eigenvalue weighted by atomic mass is 16.3. The Morgan fingerprint density at radius 1 is 1.00 bits per heavy atom. The first-order chi connectivity index (χ1) is 10.5. The fraction of sp³-hybridized carbons (Fsp3) is 0.400. The molecular formula is C20H24O2. The van der Waals surface area contributed by atoms with E-state index >= 15 is 0 Å². The van der Waals surface area contributed by atoms with Crippen molar-refractivity contribution in [3.8, 4) is 16.9 Å². The smallest absolute Gasteiger partial charge is 0.116 e. The van der Waals surface area contributed by atoms with Gasteiger partial charge < -0.3 is 10.2 Å². The number of aliphatic hydroxyl groups is 1. The van der Waals surface area contributed by atoms with E-state index in [0.717, 1.165) is 29.4 Å². The molecule has 2 heteroatoms. The number of aliphatic hydroxyl groups excluding tert-OH is 1. The summed E-state index contributed by atoms with van der Waals surface area (Å²) in [6.45, 7) is 4.12. The second kappa shape index (κ2) is 6.13. The number of aromatic hydroxyl groups is 1. The summed E-state index contributed by atoms with van der Waals surface area (Å²) in [4.78, 5) is 0. The molecule has 0 heterocycles. The van der Waals surface area contributed by atoms with E-state index in [1.807, 2.05) is 18.2 Å². The van der Waals surface area contributed by atoms with E-state index in [2.05, 4.69) is 32.0 Å². The van der Waals surface area contributed by atoms with Gasteiger partial charge in [0.2, 0.25) is 0 Å². The number of fused-ring (bicyclic) bond motifs is 1. The summed E-state index contributed by atoms with van der Waals surface area (Å²) < 4.78 is 0. The van der Waals surface area contributed by atoms with Crippen molar-refractivity contribution in [2.45, 2.75) is 39.2 Å². The molecule has 2 aromatic carbocycles. The molecule has 0 saturated heterocycles. The topological polar surface area (TPSA) is 40.5 Å². The molecular weight excluding hydrogens is 272 g/mol. The van der Waals surface area contributed by atoms with E-state index in [4.69, 9.17) is 5.11 Å². The third kappa shape index (κ3) is 3.33. The number of phenols is 1. The van der Waals surface area contributed by atoms with Crippen LogP contribution in [0.5, 0.6) is 5.75 Å². The van der Waals surface area contributed by atoms with Gasteiger partial charge in [0.25, 0.3) is 0 Å². The summed E-state index contributed by atoms with van der Waals surface area (Å²) in [5.41, 5.74) is 4.66. The van der Waals surface area contributed by atoms with Gasteiger partial charge >= 0.3 is 0 Å². The van der Waals surface area contributed by atoms with Crippen LogP contribution in [0, 0.1) is 25.7 Å². The van der Waals surface area contributed by atoms with Gasteiger partial charge in [0.1, 0.15) is 5.75 Å². The van der Waals surface area contributed by atoms with Gasteiger partial charge in [-0.2, -0.15) is 0 Å². The summed E-state index contributed by atoms with van der Waals surface area (Å²) in [6, 6.07) is 13.8. The highest BCUT2D eigenvalue weighted by molar-refractivity contribution is 5.69.